The molecule has 1 aliphatic carbocycles. The molecule has 5 nitrogen and oxygen atoms in total. The molecule has 28 heavy (non-hydrogen) atoms. The number of amides is 1. The second kappa shape index (κ2) is 9.31. The lowest BCUT2D eigenvalue weighted by Gasteiger charge is -2.35. The van der Waals surface area contributed by atoms with E-state index in [4.69, 9.17) is 11.6 Å². The van der Waals surface area contributed by atoms with Gasteiger partial charge in [0.1, 0.15) is 0 Å². The number of nitrogens with zero attached hydrogens (tertiary/aromatic N) is 3. The Bertz CT molecular complexity index is 807. The van der Waals surface area contributed by atoms with Crippen LogP contribution in [-0.2, 0) is 11.3 Å². The van der Waals surface area contributed by atoms with Crippen LogP contribution in [0.25, 0.3) is 11.4 Å². The van der Waals surface area contributed by atoms with Gasteiger partial charge in [0.25, 0.3) is 0 Å². The first-order valence-corrected chi connectivity index (χ1v) is 11.3. The standard InChI is InChI=1S/C21H29ClN4OS/c1-5-26-19(16-9-11-17(22)12-10-16)24-25-21(26)28-15(4)20(27)23-18-8-6-7-13(2)14(18)3/h9-15,18H,5-8H2,1-4H3,(H,23,27)/t13-,14-,15-,18-/m0/s1. The van der Waals surface area contributed by atoms with Gasteiger partial charge in [0, 0.05) is 23.2 Å². The van der Waals surface area contributed by atoms with E-state index < -0.39 is 0 Å². The van der Waals surface area contributed by atoms with Crippen molar-refractivity contribution in [2.75, 3.05) is 0 Å². The fourth-order valence-corrected chi connectivity index (χ4v) is 4.82. The highest BCUT2D eigenvalue weighted by atomic mass is 35.5. The largest absolute Gasteiger partial charge is 0.352 e. The maximum absolute atomic E-state index is 12.8. The summed E-state index contributed by atoms with van der Waals surface area (Å²) in [6, 6.07) is 7.85. The van der Waals surface area contributed by atoms with Crippen LogP contribution in [0.3, 0.4) is 0 Å². The fourth-order valence-electron chi connectivity index (χ4n) is 3.77. The third-order valence-corrected chi connectivity index (χ3v) is 7.15. The van der Waals surface area contributed by atoms with E-state index in [9.17, 15) is 4.79 Å². The highest BCUT2D eigenvalue weighted by Crippen LogP contribution is 2.31. The molecular formula is C21H29ClN4OS. The predicted molar refractivity (Wildman–Crippen MR) is 116 cm³/mol. The van der Waals surface area contributed by atoms with Crippen molar-refractivity contribution in [1.82, 2.24) is 20.1 Å². The molecule has 3 rings (SSSR count). The molecule has 1 aliphatic rings. The molecule has 1 amide bonds. The summed E-state index contributed by atoms with van der Waals surface area (Å²) in [6.45, 7) is 9.26. The smallest absolute Gasteiger partial charge is 0.233 e. The van der Waals surface area contributed by atoms with Gasteiger partial charge >= 0.3 is 0 Å². The molecule has 2 aromatic rings. The van der Waals surface area contributed by atoms with Crippen LogP contribution in [0.1, 0.15) is 47.0 Å². The molecule has 1 fully saturated rings. The Morgan fingerprint density at radius 3 is 2.68 bits per heavy atom. The lowest BCUT2D eigenvalue weighted by molar-refractivity contribution is -0.121. The molecule has 152 valence electrons. The minimum atomic E-state index is -0.225. The molecule has 1 aromatic heterocycles. The first-order valence-electron chi connectivity index (χ1n) is 10.1. The monoisotopic (exact) mass is 420 g/mol. The molecular weight excluding hydrogens is 392 g/mol. The van der Waals surface area contributed by atoms with Crippen LogP contribution in [0.5, 0.6) is 0 Å². The van der Waals surface area contributed by atoms with E-state index in [1.165, 1.54) is 24.6 Å². The van der Waals surface area contributed by atoms with Crippen LogP contribution in [0, 0.1) is 11.8 Å². The van der Waals surface area contributed by atoms with Crippen LogP contribution < -0.4 is 5.32 Å². The lowest BCUT2D eigenvalue weighted by atomic mass is 9.78. The Morgan fingerprint density at radius 2 is 2.00 bits per heavy atom. The number of carbonyl (C=O) groups excluding carboxylic acids is 1. The lowest BCUT2D eigenvalue weighted by Crippen LogP contribution is -2.46. The van der Waals surface area contributed by atoms with Gasteiger partial charge in [-0.25, -0.2) is 0 Å². The van der Waals surface area contributed by atoms with Crippen LogP contribution in [0.4, 0.5) is 0 Å². The molecule has 1 aromatic carbocycles. The second-order valence-corrected chi connectivity index (χ2v) is 9.44. The van der Waals surface area contributed by atoms with E-state index in [1.54, 1.807) is 0 Å². The quantitative estimate of drug-likeness (QED) is 0.665. The Morgan fingerprint density at radius 1 is 1.29 bits per heavy atom. The summed E-state index contributed by atoms with van der Waals surface area (Å²) in [5, 5.41) is 13.2. The Labute approximate surface area is 176 Å². The summed E-state index contributed by atoms with van der Waals surface area (Å²) in [7, 11) is 0. The Hall–Kier alpha value is -1.53. The first kappa shape index (κ1) is 21.2. The molecule has 0 aliphatic heterocycles. The zero-order valence-corrected chi connectivity index (χ0v) is 18.6. The molecule has 0 saturated heterocycles. The van der Waals surface area contributed by atoms with Gasteiger partial charge < -0.3 is 9.88 Å². The van der Waals surface area contributed by atoms with Crippen molar-refractivity contribution in [3.63, 3.8) is 0 Å². The molecule has 1 saturated carbocycles. The molecule has 0 spiro atoms. The van der Waals surface area contributed by atoms with Crippen LogP contribution in [-0.4, -0.2) is 32.0 Å². The van der Waals surface area contributed by atoms with Crippen molar-refractivity contribution in [3.8, 4) is 11.4 Å². The van der Waals surface area contributed by atoms with E-state index in [1.807, 2.05) is 35.8 Å². The fraction of sp³-hybridized carbons (Fsp3) is 0.571. The van der Waals surface area contributed by atoms with Gasteiger partial charge in [-0.3, -0.25) is 4.79 Å². The number of thioether (sulfide) groups is 1. The van der Waals surface area contributed by atoms with Gasteiger partial charge in [0.15, 0.2) is 11.0 Å². The van der Waals surface area contributed by atoms with Crippen LogP contribution in [0.15, 0.2) is 29.4 Å². The van der Waals surface area contributed by atoms with Crippen molar-refractivity contribution in [2.45, 2.75) is 70.0 Å². The molecule has 4 atom stereocenters. The SMILES string of the molecule is CCn1c(S[C@@H](C)C(=O)N[C@H]2CCC[C@H](C)[C@@H]2C)nnc1-c1ccc(Cl)cc1. The summed E-state index contributed by atoms with van der Waals surface area (Å²) in [6.07, 6.45) is 3.51. The van der Waals surface area contributed by atoms with Gasteiger partial charge in [-0.1, -0.05) is 50.1 Å². The third-order valence-electron chi connectivity index (χ3n) is 5.82. The van der Waals surface area contributed by atoms with E-state index in [2.05, 4.69) is 36.3 Å². The van der Waals surface area contributed by atoms with Gasteiger partial charge in [0.05, 0.1) is 5.25 Å². The number of hydrogen-bond donors (Lipinski definition) is 1. The Balaban J connectivity index is 1.69. The van der Waals surface area contributed by atoms with E-state index in [0.29, 0.717) is 16.9 Å². The number of halogens is 1. The summed E-state index contributed by atoms with van der Waals surface area (Å²) in [5.41, 5.74) is 0.965. The molecule has 0 unspecified atom stereocenters. The second-order valence-electron chi connectivity index (χ2n) is 7.70. The maximum Gasteiger partial charge on any atom is 0.233 e. The van der Waals surface area contributed by atoms with Gasteiger partial charge in [-0.05, 0) is 56.4 Å². The summed E-state index contributed by atoms with van der Waals surface area (Å²) in [5.74, 6) is 2.05. The summed E-state index contributed by atoms with van der Waals surface area (Å²) in [4.78, 5) is 12.8. The van der Waals surface area contributed by atoms with Crippen molar-refractivity contribution >= 4 is 29.3 Å². The average molecular weight is 421 g/mol. The number of aromatic nitrogens is 3. The van der Waals surface area contributed by atoms with E-state index in [-0.39, 0.29) is 17.2 Å². The number of nitrogens with one attached hydrogen (secondary N) is 1. The zero-order chi connectivity index (χ0) is 20.3. The molecule has 0 radical (unpaired) electrons. The molecule has 1 N–H and O–H groups in total. The topological polar surface area (TPSA) is 59.8 Å². The zero-order valence-electron chi connectivity index (χ0n) is 17.0. The highest BCUT2D eigenvalue weighted by molar-refractivity contribution is 8.00. The number of carbonyl (C=O) groups is 1. The van der Waals surface area contributed by atoms with Gasteiger partial charge in [-0.15, -0.1) is 10.2 Å². The van der Waals surface area contributed by atoms with E-state index in [0.717, 1.165) is 29.5 Å². The van der Waals surface area contributed by atoms with Gasteiger partial charge in [0.2, 0.25) is 5.91 Å². The highest BCUT2D eigenvalue weighted by Gasteiger charge is 2.30. The predicted octanol–water partition coefficient (Wildman–Crippen LogP) is 5.04. The summed E-state index contributed by atoms with van der Waals surface area (Å²) >= 11 is 7.45. The van der Waals surface area contributed by atoms with Crippen molar-refractivity contribution in [2.24, 2.45) is 11.8 Å². The molecule has 7 heteroatoms. The first-order chi connectivity index (χ1) is 13.4. The minimum Gasteiger partial charge on any atom is -0.352 e. The normalized spacial score (nSPS) is 23.4. The summed E-state index contributed by atoms with van der Waals surface area (Å²) < 4.78 is 2.04. The van der Waals surface area contributed by atoms with Crippen molar-refractivity contribution in [3.05, 3.63) is 29.3 Å². The maximum atomic E-state index is 12.8. The van der Waals surface area contributed by atoms with Gasteiger partial charge in [-0.2, -0.15) is 0 Å². The average Bonchev–Trinajstić information content (AvgIpc) is 3.08. The number of benzene rings is 1. The van der Waals surface area contributed by atoms with Crippen molar-refractivity contribution in [1.29, 1.82) is 0 Å². The number of rotatable bonds is 6. The minimum absolute atomic E-state index is 0.0784. The van der Waals surface area contributed by atoms with Crippen LogP contribution >= 0.6 is 23.4 Å². The van der Waals surface area contributed by atoms with E-state index >= 15 is 0 Å². The molecule has 0 bridgehead atoms. The Kier molecular flexibility index (Phi) is 7.05. The number of hydrogen-bond acceptors (Lipinski definition) is 4. The van der Waals surface area contributed by atoms with Crippen LogP contribution in [0.2, 0.25) is 5.02 Å². The molecule has 1 heterocycles. The third kappa shape index (κ3) is 4.71. The van der Waals surface area contributed by atoms with Crippen molar-refractivity contribution < 1.29 is 4.79 Å².